The van der Waals surface area contributed by atoms with Crippen molar-refractivity contribution in [2.75, 3.05) is 37.4 Å². The number of carbonyl (C=O) groups is 1. The van der Waals surface area contributed by atoms with Gasteiger partial charge in [0.2, 0.25) is 5.91 Å². The lowest BCUT2D eigenvalue weighted by molar-refractivity contribution is -0.117. The molecule has 6 heteroatoms. The summed E-state index contributed by atoms with van der Waals surface area (Å²) in [5.74, 6) is 0.646. The van der Waals surface area contributed by atoms with Crippen LogP contribution in [0.1, 0.15) is 12.8 Å². The van der Waals surface area contributed by atoms with Gasteiger partial charge in [-0.15, -0.1) is 0 Å². The van der Waals surface area contributed by atoms with Crippen LogP contribution >= 0.6 is 0 Å². The fourth-order valence-corrected chi connectivity index (χ4v) is 3.03. The summed E-state index contributed by atoms with van der Waals surface area (Å²) < 4.78 is 1.86. The van der Waals surface area contributed by atoms with Gasteiger partial charge < -0.3 is 15.1 Å². The Morgan fingerprint density at radius 2 is 2.08 bits per heavy atom. The van der Waals surface area contributed by atoms with E-state index in [4.69, 9.17) is 0 Å². The van der Waals surface area contributed by atoms with Gasteiger partial charge in [-0.3, -0.25) is 9.48 Å². The van der Waals surface area contributed by atoms with Crippen LogP contribution in [0.3, 0.4) is 0 Å². The number of aromatic nitrogens is 2. The van der Waals surface area contributed by atoms with Gasteiger partial charge in [0.1, 0.15) is 6.04 Å². The normalized spacial score (nSPS) is 17.5. The zero-order valence-electron chi connectivity index (χ0n) is 14.4. The van der Waals surface area contributed by atoms with E-state index in [-0.39, 0.29) is 11.9 Å². The van der Waals surface area contributed by atoms with E-state index in [1.807, 2.05) is 49.2 Å². The number of para-hydroxylation sites is 1. The molecule has 0 bridgehead atoms. The predicted octanol–water partition coefficient (Wildman–Crippen LogP) is 2.05. The van der Waals surface area contributed by atoms with Crippen molar-refractivity contribution >= 4 is 17.4 Å². The molecule has 1 aliphatic rings. The summed E-state index contributed by atoms with van der Waals surface area (Å²) in [5, 5.41) is 7.40. The number of benzene rings is 1. The summed E-state index contributed by atoms with van der Waals surface area (Å²) >= 11 is 0. The monoisotopic (exact) mass is 327 g/mol. The molecular weight excluding hydrogens is 302 g/mol. The molecule has 3 rings (SSSR count). The molecule has 1 N–H and O–H groups in total. The van der Waals surface area contributed by atoms with Gasteiger partial charge in [-0.1, -0.05) is 18.2 Å². The summed E-state index contributed by atoms with van der Waals surface area (Å²) in [6.45, 7) is 2.64. The molecular formula is C18H25N5O. The minimum absolute atomic E-state index is 0.0224. The Hall–Kier alpha value is -2.34. The number of nitrogens with zero attached hydrogens (tertiary/aromatic N) is 4. The molecule has 6 nitrogen and oxygen atoms in total. The third-order valence-corrected chi connectivity index (χ3v) is 4.31. The zero-order valence-corrected chi connectivity index (χ0v) is 14.4. The van der Waals surface area contributed by atoms with E-state index in [9.17, 15) is 4.79 Å². The van der Waals surface area contributed by atoms with Crippen molar-refractivity contribution in [2.24, 2.45) is 0 Å². The lowest BCUT2D eigenvalue weighted by Gasteiger charge is -2.25. The predicted molar refractivity (Wildman–Crippen MR) is 96.2 cm³/mol. The first kappa shape index (κ1) is 16.5. The van der Waals surface area contributed by atoms with Crippen LogP contribution in [0.25, 0.3) is 0 Å². The van der Waals surface area contributed by atoms with Gasteiger partial charge in [0, 0.05) is 31.0 Å². The van der Waals surface area contributed by atoms with Gasteiger partial charge >= 0.3 is 0 Å². The number of nitrogens with one attached hydrogen (secondary N) is 1. The summed E-state index contributed by atoms with van der Waals surface area (Å²) in [6, 6.07) is 11.9. The second kappa shape index (κ2) is 7.49. The van der Waals surface area contributed by atoms with Gasteiger partial charge in [0.15, 0.2) is 5.82 Å². The van der Waals surface area contributed by atoms with Gasteiger partial charge in [-0.05, 0) is 39.1 Å². The molecule has 0 spiro atoms. The molecule has 0 saturated carbocycles. The van der Waals surface area contributed by atoms with Crippen LogP contribution in [0.5, 0.6) is 0 Å². The van der Waals surface area contributed by atoms with Crippen LogP contribution in [0.4, 0.5) is 11.5 Å². The van der Waals surface area contributed by atoms with Crippen molar-refractivity contribution in [3.8, 4) is 0 Å². The van der Waals surface area contributed by atoms with Gasteiger partial charge in [-0.2, -0.15) is 5.10 Å². The first-order valence-electron chi connectivity index (χ1n) is 8.44. The molecule has 128 valence electrons. The summed E-state index contributed by atoms with van der Waals surface area (Å²) in [5.41, 5.74) is 1.10. The molecule has 1 aromatic heterocycles. The van der Waals surface area contributed by atoms with Crippen molar-refractivity contribution in [1.29, 1.82) is 0 Å². The van der Waals surface area contributed by atoms with Crippen molar-refractivity contribution in [3.05, 3.63) is 42.6 Å². The molecule has 1 fully saturated rings. The number of hydrogen-bond acceptors (Lipinski definition) is 4. The average molecular weight is 327 g/mol. The second-order valence-corrected chi connectivity index (χ2v) is 6.44. The first-order chi connectivity index (χ1) is 11.6. The van der Waals surface area contributed by atoms with Crippen LogP contribution in [0, 0.1) is 0 Å². The van der Waals surface area contributed by atoms with Gasteiger partial charge in [-0.25, -0.2) is 0 Å². The van der Waals surface area contributed by atoms with Crippen LogP contribution in [0.2, 0.25) is 0 Å². The quantitative estimate of drug-likeness (QED) is 0.882. The van der Waals surface area contributed by atoms with E-state index < -0.39 is 0 Å². The Labute approximate surface area is 143 Å². The molecule has 1 aliphatic heterocycles. The Balaban J connectivity index is 1.62. The Bertz CT molecular complexity index is 667. The maximum Gasteiger partial charge on any atom is 0.248 e. The Morgan fingerprint density at radius 3 is 2.83 bits per heavy atom. The first-order valence-corrected chi connectivity index (χ1v) is 8.44. The second-order valence-electron chi connectivity index (χ2n) is 6.44. The maximum atomic E-state index is 12.7. The lowest BCUT2D eigenvalue weighted by atomic mass is 10.2. The molecule has 0 radical (unpaired) electrons. The average Bonchev–Trinajstić information content (AvgIpc) is 3.23. The highest BCUT2D eigenvalue weighted by Crippen LogP contribution is 2.25. The highest BCUT2D eigenvalue weighted by Gasteiger charge is 2.31. The van der Waals surface area contributed by atoms with Gasteiger partial charge in [0.25, 0.3) is 0 Å². The number of carbonyl (C=O) groups excluding carboxylic acids is 1. The lowest BCUT2D eigenvalue weighted by Crippen LogP contribution is -2.39. The summed E-state index contributed by atoms with van der Waals surface area (Å²) in [7, 11) is 4.06. The summed E-state index contributed by atoms with van der Waals surface area (Å²) in [4.78, 5) is 16.9. The number of likely N-dealkylation sites (N-methyl/N-ethyl adjacent to an activating group) is 1. The van der Waals surface area contributed by atoms with Crippen molar-refractivity contribution in [1.82, 2.24) is 14.7 Å². The van der Waals surface area contributed by atoms with Crippen LogP contribution in [0.15, 0.2) is 42.6 Å². The SMILES string of the molecule is CN(C)CCn1ccc(NC(=O)C2CCCN2c2ccccc2)n1. The van der Waals surface area contributed by atoms with Crippen LogP contribution in [-0.4, -0.2) is 53.8 Å². The largest absolute Gasteiger partial charge is 0.360 e. The number of amides is 1. The van der Waals surface area contributed by atoms with E-state index in [1.165, 1.54) is 0 Å². The minimum Gasteiger partial charge on any atom is -0.360 e. The van der Waals surface area contributed by atoms with Gasteiger partial charge in [0.05, 0.1) is 6.54 Å². The highest BCUT2D eigenvalue weighted by atomic mass is 16.2. The highest BCUT2D eigenvalue weighted by molar-refractivity contribution is 5.96. The van der Waals surface area contributed by atoms with Crippen LogP contribution in [-0.2, 0) is 11.3 Å². The molecule has 2 aromatic rings. The smallest absolute Gasteiger partial charge is 0.248 e. The Morgan fingerprint density at radius 1 is 1.29 bits per heavy atom. The molecule has 1 saturated heterocycles. The van der Waals surface area contributed by atoms with E-state index in [0.29, 0.717) is 5.82 Å². The topological polar surface area (TPSA) is 53.4 Å². The fourth-order valence-electron chi connectivity index (χ4n) is 3.03. The Kier molecular flexibility index (Phi) is 5.15. The third kappa shape index (κ3) is 3.94. The molecule has 1 aromatic carbocycles. The van der Waals surface area contributed by atoms with E-state index in [0.717, 1.165) is 38.2 Å². The number of rotatable bonds is 6. The molecule has 1 amide bonds. The molecule has 2 heterocycles. The standard InChI is InChI=1S/C18H25N5O/c1-21(2)13-14-22-12-10-17(20-22)19-18(24)16-9-6-11-23(16)15-7-4-3-5-8-15/h3-5,7-8,10,12,16H,6,9,11,13-14H2,1-2H3,(H,19,20,24). The van der Waals surface area contributed by atoms with Crippen molar-refractivity contribution < 1.29 is 4.79 Å². The molecule has 24 heavy (non-hydrogen) atoms. The molecule has 1 atom stereocenters. The third-order valence-electron chi connectivity index (χ3n) is 4.31. The van der Waals surface area contributed by atoms with Crippen molar-refractivity contribution in [2.45, 2.75) is 25.4 Å². The number of anilines is 2. The summed E-state index contributed by atoms with van der Waals surface area (Å²) in [6.07, 6.45) is 3.81. The van der Waals surface area contributed by atoms with Crippen molar-refractivity contribution in [3.63, 3.8) is 0 Å². The van der Waals surface area contributed by atoms with E-state index >= 15 is 0 Å². The van der Waals surface area contributed by atoms with E-state index in [1.54, 1.807) is 0 Å². The zero-order chi connectivity index (χ0) is 16.9. The fraction of sp³-hybridized carbons (Fsp3) is 0.444. The van der Waals surface area contributed by atoms with E-state index in [2.05, 4.69) is 32.3 Å². The number of hydrogen-bond donors (Lipinski definition) is 1. The minimum atomic E-state index is -0.126. The van der Waals surface area contributed by atoms with Crippen LogP contribution < -0.4 is 10.2 Å². The maximum absolute atomic E-state index is 12.7. The molecule has 1 unspecified atom stereocenters. The molecule has 0 aliphatic carbocycles.